The molecule has 2 N–H and O–H groups in total. The first kappa shape index (κ1) is 27.1. The van der Waals surface area contributed by atoms with Gasteiger partial charge in [0, 0.05) is 37.8 Å². The molecule has 0 spiro atoms. The molecule has 0 bridgehead atoms. The number of amides is 1. The van der Waals surface area contributed by atoms with E-state index in [-0.39, 0.29) is 17.6 Å². The predicted octanol–water partition coefficient (Wildman–Crippen LogP) is 4.95. The maximum Gasteiger partial charge on any atom is 0.243 e. The lowest BCUT2D eigenvalue weighted by molar-refractivity contribution is -0.117. The van der Waals surface area contributed by atoms with Crippen LogP contribution in [0.3, 0.4) is 0 Å². The molecule has 5 aromatic rings. The van der Waals surface area contributed by atoms with Gasteiger partial charge < -0.3 is 20.3 Å². The van der Waals surface area contributed by atoms with Gasteiger partial charge in [0.25, 0.3) is 0 Å². The van der Waals surface area contributed by atoms with Crippen LogP contribution >= 0.6 is 0 Å². The Hall–Kier alpha value is -5.13. The topological polar surface area (TPSA) is 123 Å². The van der Waals surface area contributed by atoms with Crippen LogP contribution < -0.4 is 20.3 Å². The summed E-state index contributed by atoms with van der Waals surface area (Å²) in [5, 5.41) is 14.2. The van der Waals surface area contributed by atoms with E-state index >= 15 is 4.39 Å². The standard InChI is InChI=1S/C30H30FN9O2/c1-4-27(41)34-19-6-5-14-40(15-13-19)26-12-9-22-29(36-26)30(33-17-32-22)35-21-8-11-25(18(2)28(21)31)42-20-7-10-24-23(16-20)37-38-39(24)3/h4,7-12,16-17,19H,1,5-6,13-15H2,2-3H3,(H,34,41)(H,32,33,35)/t19-/m1/s1. The monoisotopic (exact) mass is 567 g/mol. The van der Waals surface area contributed by atoms with Crippen LogP contribution in [0.1, 0.15) is 24.8 Å². The van der Waals surface area contributed by atoms with Gasteiger partial charge in [-0.15, -0.1) is 5.10 Å². The van der Waals surface area contributed by atoms with Crippen LogP contribution in [0.15, 0.2) is 61.4 Å². The van der Waals surface area contributed by atoms with E-state index in [1.54, 1.807) is 35.9 Å². The van der Waals surface area contributed by atoms with Crippen molar-refractivity contribution in [1.82, 2.24) is 35.3 Å². The van der Waals surface area contributed by atoms with E-state index in [0.29, 0.717) is 39.4 Å². The first-order chi connectivity index (χ1) is 20.4. The van der Waals surface area contributed by atoms with Gasteiger partial charge in [-0.2, -0.15) is 0 Å². The average molecular weight is 568 g/mol. The second kappa shape index (κ2) is 11.4. The molecule has 11 nitrogen and oxygen atoms in total. The highest BCUT2D eigenvalue weighted by molar-refractivity contribution is 5.88. The lowest BCUT2D eigenvalue weighted by Crippen LogP contribution is -2.34. The van der Waals surface area contributed by atoms with Crippen molar-refractivity contribution >= 4 is 45.3 Å². The zero-order chi connectivity index (χ0) is 29.2. The molecule has 4 heterocycles. The van der Waals surface area contributed by atoms with Crippen LogP contribution in [0.4, 0.5) is 21.7 Å². The fraction of sp³-hybridized carbons (Fsp3) is 0.267. The van der Waals surface area contributed by atoms with Crippen LogP contribution in [0.25, 0.3) is 22.1 Å². The number of aryl methyl sites for hydroxylation is 1. The number of hydrogen-bond acceptors (Lipinski definition) is 9. The third kappa shape index (κ3) is 5.42. The number of benzene rings is 2. The maximum atomic E-state index is 15.6. The Balaban J connectivity index is 1.22. The summed E-state index contributed by atoms with van der Waals surface area (Å²) in [7, 11) is 1.82. The van der Waals surface area contributed by atoms with Crippen molar-refractivity contribution in [3.63, 3.8) is 0 Å². The number of carbonyl (C=O) groups excluding carboxylic acids is 1. The molecular formula is C30H30FN9O2. The maximum absolute atomic E-state index is 15.6. The first-order valence-corrected chi connectivity index (χ1v) is 13.7. The number of rotatable bonds is 7. The van der Waals surface area contributed by atoms with Crippen molar-refractivity contribution in [2.45, 2.75) is 32.2 Å². The van der Waals surface area contributed by atoms with Gasteiger partial charge in [-0.3, -0.25) is 4.79 Å². The first-order valence-electron chi connectivity index (χ1n) is 13.7. The largest absolute Gasteiger partial charge is 0.457 e. The van der Waals surface area contributed by atoms with Crippen molar-refractivity contribution in [2.24, 2.45) is 7.05 Å². The molecule has 0 radical (unpaired) electrons. The predicted molar refractivity (Wildman–Crippen MR) is 159 cm³/mol. The van der Waals surface area contributed by atoms with E-state index in [9.17, 15) is 4.79 Å². The van der Waals surface area contributed by atoms with Gasteiger partial charge >= 0.3 is 0 Å². The number of aromatic nitrogens is 6. The molecule has 1 aliphatic heterocycles. The Morgan fingerprint density at radius 3 is 2.86 bits per heavy atom. The van der Waals surface area contributed by atoms with Crippen molar-refractivity contribution < 1.29 is 13.9 Å². The summed E-state index contributed by atoms with van der Waals surface area (Å²) in [6.07, 6.45) is 5.31. The molecule has 1 amide bonds. The summed E-state index contributed by atoms with van der Waals surface area (Å²) in [6, 6.07) is 12.7. The van der Waals surface area contributed by atoms with Crippen LogP contribution in [0.5, 0.6) is 11.5 Å². The third-order valence-corrected chi connectivity index (χ3v) is 7.45. The SMILES string of the molecule is C=CC(=O)N[C@@H]1CCCN(c2ccc3ncnc(Nc4ccc(Oc5ccc6c(c5)nnn6C)c(C)c4F)c3n2)CC1. The number of fused-ring (bicyclic) bond motifs is 2. The van der Waals surface area contributed by atoms with Gasteiger partial charge in [0.1, 0.15) is 34.7 Å². The molecule has 0 unspecified atom stereocenters. The normalized spacial score (nSPS) is 15.4. The number of hydrogen-bond donors (Lipinski definition) is 2. The summed E-state index contributed by atoms with van der Waals surface area (Å²) in [6.45, 7) is 6.73. The lowest BCUT2D eigenvalue weighted by Gasteiger charge is -2.22. The fourth-order valence-corrected chi connectivity index (χ4v) is 5.14. The minimum Gasteiger partial charge on any atom is -0.457 e. The summed E-state index contributed by atoms with van der Waals surface area (Å²) < 4.78 is 23.3. The van der Waals surface area contributed by atoms with Gasteiger partial charge in [-0.05, 0) is 68.7 Å². The van der Waals surface area contributed by atoms with E-state index in [4.69, 9.17) is 9.72 Å². The molecule has 1 atom stereocenters. The molecule has 214 valence electrons. The molecule has 6 rings (SSSR count). The number of halogens is 1. The Kier molecular flexibility index (Phi) is 7.34. The molecule has 42 heavy (non-hydrogen) atoms. The molecule has 1 saturated heterocycles. The molecular weight excluding hydrogens is 537 g/mol. The molecule has 1 aliphatic rings. The van der Waals surface area contributed by atoms with Crippen molar-refractivity contribution in [3.8, 4) is 11.5 Å². The highest BCUT2D eigenvalue weighted by Gasteiger charge is 2.20. The molecule has 12 heteroatoms. The van der Waals surface area contributed by atoms with Gasteiger partial charge in [0.15, 0.2) is 11.6 Å². The van der Waals surface area contributed by atoms with Crippen molar-refractivity contribution in [2.75, 3.05) is 23.3 Å². The quantitative estimate of drug-likeness (QED) is 0.263. The third-order valence-electron chi connectivity index (χ3n) is 7.45. The summed E-state index contributed by atoms with van der Waals surface area (Å²) in [5.74, 6) is 1.47. The van der Waals surface area contributed by atoms with Gasteiger partial charge in [-0.1, -0.05) is 11.8 Å². The lowest BCUT2D eigenvalue weighted by atomic mass is 10.1. The fourth-order valence-electron chi connectivity index (χ4n) is 5.14. The second-order valence-electron chi connectivity index (χ2n) is 10.2. The summed E-state index contributed by atoms with van der Waals surface area (Å²) in [4.78, 5) is 27.5. The van der Waals surface area contributed by atoms with Crippen molar-refractivity contribution in [3.05, 3.63) is 72.8 Å². The molecule has 1 fully saturated rings. The van der Waals surface area contributed by atoms with Crippen LogP contribution in [-0.2, 0) is 11.8 Å². The van der Waals surface area contributed by atoms with E-state index in [1.807, 2.05) is 25.2 Å². The number of anilines is 3. The Bertz CT molecular complexity index is 1810. The number of ether oxygens (including phenoxy) is 1. The summed E-state index contributed by atoms with van der Waals surface area (Å²) >= 11 is 0. The van der Waals surface area contributed by atoms with Crippen molar-refractivity contribution in [1.29, 1.82) is 0 Å². The zero-order valence-corrected chi connectivity index (χ0v) is 23.3. The second-order valence-corrected chi connectivity index (χ2v) is 10.2. The van der Waals surface area contributed by atoms with Gasteiger partial charge in [0.2, 0.25) is 5.91 Å². The summed E-state index contributed by atoms with van der Waals surface area (Å²) in [5.41, 5.74) is 3.31. The van der Waals surface area contributed by atoms with Crippen LogP contribution in [0, 0.1) is 12.7 Å². The molecule has 0 saturated carbocycles. The number of carbonyl (C=O) groups is 1. The van der Waals surface area contributed by atoms with Crippen LogP contribution in [0.2, 0.25) is 0 Å². The Morgan fingerprint density at radius 1 is 1.12 bits per heavy atom. The van der Waals surface area contributed by atoms with E-state index < -0.39 is 5.82 Å². The number of nitrogens with one attached hydrogen (secondary N) is 2. The molecule has 3 aromatic heterocycles. The minimum atomic E-state index is -0.462. The van der Waals surface area contributed by atoms with Gasteiger partial charge in [-0.25, -0.2) is 24.0 Å². The van der Waals surface area contributed by atoms with Gasteiger partial charge in [0.05, 0.1) is 16.7 Å². The van der Waals surface area contributed by atoms with E-state index in [0.717, 1.165) is 43.7 Å². The van der Waals surface area contributed by atoms with E-state index in [1.165, 1.54) is 12.4 Å². The van der Waals surface area contributed by atoms with Crippen LogP contribution in [-0.4, -0.2) is 55.0 Å². The average Bonchev–Trinajstić information content (AvgIpc) is 3.21. The smallest absolute Gasteiger partial charge is 0.243 e. The minimum absolute atomic E-state index is 0.0922. The number of pyridine rings is 1. The van der Waals surface area contributed by atoms with E-state index in [2.05, 4.69) is 42.4 Å². The molecule has 0 aliphatic carbocycles. The number of nitrogens with zero attached hydrogens (tertiary/aromatic N) is 7. The zero-order valence-electron chi connectivity index (χ0n) is 23.3. The Morgan fingerprint density at radius 2 is 2.00 bits per heavy atom. The molecule has 2 aromatic carbocycles. The highest BCUT2D eigenvalue weighted by Crippen LogP contribution is 2.33. The Labute approximate surface area is 241 Å². The highest BCUT2D eigenvalue weighted by atomic mass is 19.1.